The molecule has 0 saturated heterocycles. The molecule has 0 atom stereocenters. The van der Waals surface area contributed by atoms with E-state index in [4.69, 9.17) is 0 Å². The molecule has 0 aromatic rings. The van der Waals surface area contributed by atoms with Crippen LogP contribution in [0.3, 0.4) is 0 Å². The Morgan fingerprint density at radius 1 is 1.75 bits per heavy atom. The van der Waals surface area contributed by atoms with Crippen molar-refractivity contribution in [3.05, 3.63) is 12.9 Å². The molecule has 0 aromatic heterocycles. The van der Waals surface area contributed by atoms with Gasteiger partial charge < -0.3 is 0 Å². The second-order valence-corrected chi connectivity index (χ2v) is 0.154. The van der Waals surface area contributed by atoms with E-state index in [-0.39, 0.29) is 32.9 Å². The third-order valence-corrected chi connectivity index (χ3v) is 0. The predicted molar refractivity (Wildman–Crippen MR) is 19.8 cm³/mol. The summed E-state index contributed by atoms with van der Waals surface area (Å²) >= 11 is 0. The maximum absolute atomic E-state index is 10.1. The van der Waals surface area contributed by atoms with Crippen LogP contribution in [0.2, 0.25) is 0 Å². The van der Waals surface area contributed by atoms with Crippen LogP contribution in [0.15, 0.2) is 12.9 Å². The molecule has 0 fully saturated rings. The van der Waals surface area contributed by atoms with Crippen molar-refractivity contribution >= 4 is 26.6 Å². The normalized spacial score (nSPS) is 3.25. The van der Waals surface area contributed by atoms with E-state index in [1.165, 1.54) is 0 Å². The molecule has 26 valence electrons. The Bertz CT molecular complexity index is 13.5. The number of hydrogen-bond donors (Lipinski definition) is 0. The summed E-state index contributed by atoms with van der Waals surface area (Å²) in [5, 5.41) is 0. The first-order chi connectivity index (χ1) is 1.41. The van der Waals surface area contributed by atoms with Crippen molar-refractivity contribution < 1.29 is 4.39 Å². The monoisotopic (exact) mass is 257 g/mol. The van der Waals surface area contributed by atoms with Crippen LogP contribution in [0.5, 0.6) is 0 Å². The van der Waals surface area contributed by atoms with E-state index in [1.54, 1.807) is 0 Å². The molecule has 0 saturated carbocycles. The summed E-state index contributed by atoms with van der Waals surface area (Å²) in [6.07, 6.45) is 0.250. The first-order valence-electron chi connectivity index (χ1n) is 0.626. The Hall–Kier alpha value is 0.566. The predicted octanol–water partition coefficient (Wildman–Crippen LogP) is 0.183. The second-order valence-electron chi connectivity index (χ2n) is 0.154. The van der Waals surface area contributed by atoms with Gasteiger partial charge in [0, 0.05) is 0 Å². The minimum atomic E-state index is 0. The van der Waals surface area contributed by atoms with Gasteiger partial charge in [-0.1, -0.05) is 6.58 Å². The molecule has 0 N–H and O–H groups in total. The molecule has 0 nitrogen and oxygen atoms in total. The third kappa shape index (κ3) is 19.6. The van der Waals surface area contributed by atoms with Crippen molar-refractivity contribution in [3.8, 4) is 0 Å². The molecular weight excluding hydrogens is 252 g/mol. The van der Waals surface area contributed by atoms with Gasteiger partial charge in [0.25, 0.3) is 0 Å². The topological polar surface area (TPSA) is 0 Å². The van der Waals surface area contributed by atoms with Crippen LogP contribution in [0.4, 0.5) is 4.39 Å². The van der Waals surface area contributed by atoms with Crippen LogP contribution in [0.25, 0.3) is 0 Å². The van der Waals surface area contributed by atoms with Crippen LogP contribution in [0.1, 0.15) is 0 Å². The Morgan fingerprint density at radius 3 is 1.75 bits per heavy atom. The van der Waals surface area contributed by atoms with Crippen molar-refractivity contribution in [2.24, 2.45) is 0 Å². The molecule has 4 heavy (non-hydrogen) atoms. The van der Waals surface area contributed by atoms with E-state index in [0.29, 0.717) is 0 Å². The summed E-state index contributed by atoms with van der Waals surface area (Å²) < 4.78 is 10.1. The molecule has 0 aliphatic carbocycles. The maximum atomic E-state index is 10.1. The first-order valence-corrected chi connectivity index (χ1v) is 0.626. The molecule has 0 rings (SSSR count). The molecule has 0 aromatic carbocycles. The van der Waals surface area contributed by atoms with Gasteiger partial charge in [0.2, 0.25) is 0 Å². The van der Waals surface area contributed by atoms with Crippen LogP contribution in [-0.2, 0) is 0 Å². The summed E-state index contributed by atoms with van der Waals surface area (Å²) in [5.74, 6) is 0. The quantitative estimate of drug-likeness (QED) is 0.581. The SMILES string of the molecule is C=CF.[PoH2]. The van der Waals surface area contributed by atoms with E-state index in [0.717, 1.165) is 0 Å². The number of rotatable bonds is 0. The van der Waals surface area contributed by atoms with Crippen molar-refractivity contribution in [2.45, 2.75) is 0 Å². The van der Waals surface area contributed by atoms with Crippen molar-refractivity contribution in [1.82, 2.24) is 0 Å². The van der Waals surface area contributed by atoms with Gasteiger partial charge in [-0.05, 0) is 0 Å². The summed E-state index contributed by atoms with van der Waals surface area (Å²) in [6, 6.07) is 0. The third-order valence-electron chi connectivity index (χ3n) is 0. The zero-order valence-corrected chi connectivity index (χ0v) is 6.05. The van der Waals surface area contributed by atoms with Crippen LogP contribution in [-0.4, -0.2) is 26.6 Å². The summed E-state index contributed by atoms with van der Waals surface area (Å²) in [4.78, 5) is 0. The van der Waals surface area contributed by atoms with Crippen molar-refractivity contribution in [3.63, 3.8) is 0 Å². The van der Waals surface area contributed by atoms with Crippen molar-refractivity contribution in [1.29, 1.82) is 0 Å². The summed E-state index contributed by atoms with van der Waals surface area (Å²) in [7, 11) is 0. The van der Waals surface area contributed by atoms with Gasteiger partial charge >= 0.3 is 26.6 Å². The van der Waals surface area contributed by atoms with Gasteiger partial charge in [-0.25, -0.2) is 4.39 Å². The van der Waals surface area contributed by atoms with Gasteiger partial charge in [-0.15, -0.1) is 0 Å². The average molecular weight is 257 g/mol. The molecule has 0 aliphatic rings. The van der Waals surface area contributed by atoms with E-state index in [1.807, 2.05) is 0 Å². The fourth-order valence-corrected chi connectivity index (χ4v) is 0. The van der Waals surface area contributed by atoms with E-state index in [2.05, 4.69) is 6.58 Å². The first kappa shape index (κ1) is 8.82. The molecule has 0 spiro atoms. The zero-order valence-electron chi connectivity index (χ0n) is 2.16. The summed E-state index contributed by atoms with van der Waals surface area (Å²) in [6.45, 7) is 2.69. The van der Waals surface area contributed by atoms with E-state index in [9.17, 15) is 4.39 Å². The molecule has 0 aliphatic heterocycles. The van der Waals surface area contributed by atoms with Gasteiger partial charge in [0.15, 0.2) is 0 Å². The second kappa shape index (κ2) is 9.57. The number of halogens is 1. The Balaban J connectivity index is 0. The average Bonchev–Trinajstić information content (AvgIpc) is 0.918. The fraction of sp³-hybridized carbons (Fsp3) is 0. The minimum absolute atomic E-state index is 0. The number of hydrogen-bond acceptors (Lipinski definition) is 0. The van der Waals surface area contributed by atoms with Gasteiger partial charge in [-0.3, -0.25) is 0 Å². The van der Waals surface area contributed by atoms with Gasteiger partial charge in [0.05, 0.1) is 6.33 Å². The van der Waals surface area contributed by atoms with Crippen LogP contribution in [0, 0.1) is 0 Å². The van der Waals surface area contributed by atoms with E-state index < -0.39 is 0 Å². The Morgan fingerprint density at radius 2 is 1.75 bits per heavy atom. The molecular formula is C2H5FPo. The summed E-state index contributed by atoms with van der Waals surface area (Å²) in [5.41, 5.74) is 0. The van der Waals surface area contributed by atoms with Crippen molar-refractivity contribution in [2.75, 3.05) is 0 Å². The van der Waals surface area contributed by atoms with E-state index >= 15 is 0 Å². The molecule has 0 radical (unpaired) electrons. The zero-order chi connectivity index (χ0) is 2.71. The fourth-order valence-electron chi connectivity index (χ4n) is 0. The Kier molecular flexibility index (Phi) is 21.1. The molecule has 0 heterocycles. The molecule has 0 amide bonds. The Labute approximate surface area is 44.2 Å². The molecule has 0 bridgehead atoms. The van der Waals surface area contributed by atoms with Crippen LogP contribution >= 0.6 is 0 Å². The standard InChI is InChI=1S/C2H3F.Po.2H/c1-2-3;;;/h2H,1H2;;;. The molecule has 2 heteroatoms. The van der Waals surface area contributed by atoms with Gasteiger partial charge in [0.1, 0.15) is 0 Å². The molecule has 0 unspecified atom stereocenters. The van der Waals surface area contributed by atoms with Gasteiger partial charge in [-0.2, -0.15) is 0 Å². The van der Waals surface area contributed by atoms with Crippen LogP contribution < -0.4 is 0 Å².